The molecule has 0 aliphatic rings. The van der Waals surface area contributed by atoms with E-state index in [1.165, 1.54) is 0 Å². The Balaban J connectivity index is 1.93. The largest absolute Gasteiger partial charge is 0.394 e. The summed E-state index contributed by atoms with van der Waals surface area (Å²) in [6.07, 6.45) is 0. The number of para-hydroxylation sites is 1. The van der Waals surface area contributed by atoms with E-state index in [1.807, 2.05) is 18.2 Å². The van der Waals surface area contributed by atoms with E-state index in [9.17, 15) is 5.11 Å². The molecule has 1 aromatic heterocycles. The highest BCUT2D eigenvalue weighted by Crippen LogP contribution is 2.23. The molecule has 3 N–H and O–H groups in total. The molecule has 0 saturated carbocycles. The molecule has 110 valence electrons. The van der Waals surface area contributed by atoms with Crippen LogP contribution in [0.1, 0.15) is 17.2 Å². The highest BCUT2D eigenvalue weighted by atomic mass is 35.5. The molecule has 1 heterocycles. The lowest BCUT2D eigenvalue weighted by Gasteiger charge is -2.16. The number of aromatic amines is 1. The minimum atomic E-state index is -0.343. The van der Waals surface area contributed by atoms with Crippen molar-refractivity contribution in [1.29, 1.82) is 5.26 Å². The summed E-state index contributed by atoms with van der Waals surface area (Å²) in [5.41, 5.74) is 2.74. The summed E-state index contributed by atoms with van der Waals surface area (Å²) >= 11 is 5.98. The molecule has 6 heteroatoms. The number of nitrogens with one attached hydrogen (secondary N) is 2. The SMILES string of the molecule is N#Cc1cccc2[nH]c(NC(CO)c3cccc(Cl)c3)nc12. The molecule has 0 amide bonds. The van der Waals surface area contributed by atoms with Crippen molar-refractivity contribution in [1.82, 2.24) is 9.97 Å². The molecular weight excluding hydrogens is 300 g/mol. The van der Waals surface area contributed by atoms with Gasteiger partial charge in [0.15, 0.2) is 0 Å². The first-order valence-corrected chi connectivity index (χ1v) is 7.10. The fraction of sp³-hybridized carbons (Fsp3) is 0.125. The second kappa shape index (κ2) is 6.06. The van der Waals surface area contributed by atoms with Gasteiger partial charge in [0.1, 0.15) is 11.6 Å². The Bertz CT molecular complexity index is 853. The predicted molar refractivity (Wildman–Crippen MR) is 85.7 cm³/mol. The molecule has 0 bridgehead atoms. The molecule has 1 atom stereocenters. The van der Waals surface area contributed by atoms with Crippen LogP contribution in [0.5, 0.6) is 0 Å². The van der Waals surface area contributed by atoms with E-state index in [1.54, 1.807) is 24.3 Å². The summed E-state index contributed by atoms with van der Waals surface area (Å²) in [5, 5.41) is 22.4. The molecule has 1 unspecified atom stereocenters. The van der Waals surface area contributed by atoms with E-state index in [0.717, 1.165) is 11.1 Å². The number of fused-ring (bicyclic) bond motifs is 1. The van der Waals surface area contributed by atoms with Crippen LogP contribution in [0.25, 0.3) is 11.0 Å². The zero-order chi connectivity index (χ0) is 15.5. The maximum atomic E-state index is 9.61. The Morgan fingerprint density at radius 2 is 2.14 bits per heavy atom. The summed E-state index contributed by atoms with van der Waals surface area (Å²) in [4.78, 5) is 7.49. The number of aromatic nitrogens is 2. The highest BCUT2D eigenvalue weighted by molar-refractivity contribution is 6.30. The van der Waals surface area contributed by atoms with Crippen LogP contribution in [-0.4, -0.2) is 21.7 Å². The molecule has 0 spiro atoms. The van der Waals surface area contributed by atoms with Gasteiger partial charge in [-0.1, -0.05) is 29.8 Å². The van der Waals surface area contributed by atoms with Crippen molar-refractivity contribution in [3.05, 3.63) is 58.6 Å². The lowest BCUT2D eigenvalue weighted by molar-refractivity contribution is 0.276. The zero-order valence-corrected chi connectivity index (χ0v) is 12.3. The minimum absolute atomic E-state index is 0.109. The molecule has 22 heavy (non-hydrogen) atoms. The number of anilines is 1. The molecule has 5 nitrogen and oxygen atoms in total. The number of benzene rings is 2. The van der Waals surface area contributed by atoms with Crippen LogP contribution in [0.2, 0.25) is 5.02 Å². The smallest absolute Gasteiger partial charge is 0.201 e. The Labute approximate surface area is 132 Å². The molecule has 0 fully saturated rings. The first-order valence-electron chi connectivity index (χ1n) is 6.73. The van der Waals surface area contributed by atoms with Gasteiger partial charge >= 0.3 is 0 Å². The van der Waals surface area contributed by atoms with E-state index >= 15 is 0 Å². The van der Waals surface area contributed by atoms with Gasteiger partial charge in [-0.2, -0.15) is 5.26 Å². The predicted octanol–water partition coefficient (Wildman–Crippen LogP) is 3.23. The average Bonchev–Trinajstić information content (AvgIpc) is 2.95. The Morgan fingerprint density at radius 1 is 1.32 bits per heavy atom. The molecular formula is C16H13ClN4O. The second-order valence-electron chi connectivity index (χ2n) is 4.83. The fourth-order valence-corrected chi connectivity index (χ4v) is 2.51. The topological polar surface area (TPSA) is 84.7 Å². The summed E-state index contributed by atoms with van der Waals surface area (Å²) in [6.45, 7) is -0.109. The van der Waals surface area contributed by atoms with Crippen LogP contribution in [-0.2, 0) is 0 Å². The third kappa shape index (κ3) is 2.75. The number of imidazole rings is 1. The number of nitrogens with zero attached hydrogens (tertiary/aromatic N) is 2. The van der Waals surface area contributed by atoms with Crippen molar-refractivity contribution in [2.24, 2.45) is 0 Å². The van der Waals surface area contributed by atoms with Crippen LogP contribution >= 0.6 is 11.6 Å². The maximum Gasteiger partial charge on any atom is 0.201 e. The molecule has 3 aromatic rings. The Kier molecular flexibility index (Phi) is 3.96. The Morgan fingerprint density at radius 3 is 2.86 bits per heavy atom. The average molecular weight is 313 g/mol. The minimum Gasteiger partial charge on any atom is -0.394 e. The van der Waals surface area contributed by atoms with Crippen LogP contribution in [0, 0.1) is 11.3 Å². The first kappa shape index (κ1) is 14.4. The highest BCUT2D eigenvalue weighted by Gasteiger charge is 2.14. The van der Waals surface area contributed by atoms with Gasteiger partial charge in [-0.3, -0.25) is 0 Å². The van der Waals surface area contributed by atoms with Gasteiger partial charge in [-0.15, -0.1) is 0 Å². The summed E-state index contributed by atoms with van der Waals surface area (Å²) < 4.78 is 0. The van der Waals surface area contributed by atoms with Crippen molar-refractivity contribution in [2.75, 3.05) is 11.9 Å². The monoisotopic (exact) mass is 312 g/mol. The Hall–Kier alpha value is -2.55. The number of H-pyrrole nitrogens is 1. The van der Waals surface area contributed by atoms with Crippen LogP contribution in [0.3, 0.4) is 0 Å². The number of rotatable bonds is 4. The van der Waals surface area contributed by atoms with E-state index < -0.39 is 0 Å². The fourth-order valence-electron chi connectivity index (χ4n) is 2.31. The van der Waals surface area contributed by atoms with Crippen molar-refractivity contribution in [2.45, 2.75) is 6.04 Å². The van der Waals surface area contributed by atoms with Gasteiger partial charge in [0.25, 0.3) is 0 Å². The summed E-state index contributed by atoms with van der Waals surface area (Å²) in [7, 11) is 0. The van der Waals surface area contributed by atoms with Gasteiger partial charge in [0.05, 0.1) is 23.7 Å². The van der Waals surface area contributed by atoms with Crippen molar-refractivity contribution >= 4 is 28.6 Å². The van der Waals surface area contributed by atoms with E-state index in [-0.39, 0.29) is 12.6 Å². The maximum absolute atomic E-state index is 9.61. The van der Waals surface area contributed by atoms with Crippen LogP contribution < -0.4 is 5.32 Å². The standard InChI is InChI=1S/C16H13ClN4O/c17-12-5-1-3-10(7-12)14(9-22)20-16-19-13-6-2-4-11(8-18)15(13)21-16/h1-7,14,22H,9H2,(H2,19,20,21). The van der Waals surface area contributed by atoms with E-state index in [4.69, 9.17) is 16.9 Å². The lowest BCUT2D eigenvalue weighted by Crippen LogP contribution is -2.15. The number of halogens is 1. The molecule has 0 aliphatic heterocycles. The quantitative estimate of drug-likeness (QED) is 0.690. The van der Waals surface area contributed by atoms with Crippen LogP contribution in [0.15, 0.2) is 42.5 Å². The van der Waals surface area contributed by atoms with Gasteiger partial charge < -0.3 is 15.4 Å². The summed E-state index contributed by atoms with van der Waals surface area (Å²) in [5.74, 6) is 0.497. The lowest BCUT2D eigenvalue weighted by atomic mass is 10.1. The summed E-state index contributed by atoms with van der Waals surface area (Å²) in [6, 6.07) is 14.4. The molecule has 0 radical (unpaired) electrons. The van der Waals surface area contributed by atoms with Gasteiger partial charge in [0.2, 0.25) is 5.95 Å². The second-order valence-corrected chi connectivity index (χ2v) is 5.27. The first-order chi connectivity index (χ1) is 10.7. The number of hydrogen-bond donors (Lipinski definition) is 3. The molecule has 0 saturated heterocycles. The van der Waals surface area contributed by atoms with Crippen molar-refractivity contribution in [3.8, 4) is 6.07 Å². The van der Waals surface area contributed by atoms with Crippen molar-refractivity contribution < 1.29 is 5.11 Å². The van der Waals surface area contributed by atoms with E-state index in [2.05, 4.69) is 21.4 Å². The third-order valence-corrected chi connectivity index (χ3v) is 3.61. The van der Waals surface area contributed by atoms with Gasteiger partial charge in [-0.05, 0) is 29.8 Å². The number of hydrogen-bond acceptors (Lipinski definition) is 4. The van der Waals surface area contributed by atoms with Crippen molar-refractivity contribution in [3.63, 3.8) is 0 Å². The molecule has 3 rings (SSSR count). The number of aliphatic hydroxyl groups excluding tert-OH is 1. The molecule has 0 aliphatic carbocycles. The van der Waals surface area contributed by atoms with Gasteiger partial charge in [-0.25, -0.2) is 4.98 Å². The zero-order valence-electron chi connectivity index (χ0n) is 11.5. The van der Waals surface area contributed by atoms with Crippen LogP contribution in [0.4, 0.5) is 5.95 Å². The van der Waals surface area contributed by atoms with E-state index in [0.29, 0.717) is 22.1 Å². The number of aliphatic hydroxyl groups is 1. The van der Waals surface area contributed by atoms with Gasteiger partial charge in [0, 0.05) is 5.02 Å². The molecule has 2 aromatic carbocycles. The number of nitriles is 1. The normalized spacial score (nSPS) is 12.0. The third-order valence-electron chi connectivity index (χ3n) is 3.38.